The number of anilines is 1. The lowest BCUT2D eigenvalue weighted by atomic mass is 10.3. The number of esters is 1. The summed E-state index contributed by atoms with van der Waals surface area (Å²) in [4.78, 5) is 31.3. The molecule has 2 aromatic rings. The lowest BCUT2D eigenvalue weighted by Gasteiger charge is -1.96. The van der Waals surface area contributed by atoms with Gasteiger partial charge < -0.3 is 14.6 Å². The van der Waals surface area contributed by atoms with E-state index in [-0.39, 0.29) is 22.9 Å². The van der Waals surface area contributed by atoms with Gasteiger partial charge in [0.2, 0.25) is 5.89 Å². The van der Waals surface area contributed by atoms with Crippen LogP contribution >= 0.6 is 11.3 Å². The molecule has 0 aliphatic carbocycles. The Morgan fingerprint density at radius 1 is 1.40 bits per heavy atom. The van der Waals surface area contributed by atoms with Gasteiger partial charge in [-0.05, 0) is 0 Å². The van der Waals surface area contributed by atoms with E-state index in [0.29, 0.717) is 16.8 Å². The summed E-state index contributed by atoms with van der Waals surface area (Å²) in [7, 11) is 1.24. The highest BCUT2D eigenvalue weighted by atomic mass is 32.1. The van der Waals surface area contributed by atoms with Crippen molar-refractivity contribution in [2.24, 2.45) is 0 Å². The van der Waals surface area contributed by atoms with E-state index < -0.39 is 5.97 Å². The van der Waals surface area contributed by atoms with Crippen molar-refractivity contribution in [2.75, 3.05) is 12.4 Å². The number of ketones is 1. The maximum absolute atomic E-state index is 11.5. The summed E-state index contributed by atoms with van der Waals surface area (Å²) in [6, 6.07) is 0. The van der Waals surface area contributed by atoms with Crippen LogP contribution in [0.1, 0.15) is 38.8 Å². The molecule has 20 heavy (non-hydrogen) atoms. The molecular formula is C11H12N4O4S. The van der Waals surface area contributed by atoms with Crippen LogP contribution in [-0.4, -0.2) is 34.0 Å². The quantitative estimate of drug-likeness (QED) is 0.652. The number of ether oxygens (including phenoxy) is 1. The predicted octanol–water partition coefficient (Wildman–Crippen LogP) is 1.44. The second-order valence-electron chi connectivity index (χ2n) is 3.83. The molecule has 1 N–H and O–H groups in total. The zero-order valence-corrected chi connectivity index (χ0v) is 11.9. The number of carbonyl (C=O) groups excluding carboxylic acids is 2. The molecule has 0 aromatic carbocycles. The van der Waals surface area contributed by atoms with E-state index in [1.165, 1.54) is 14.0 Å². The number of nitrogens with one attached hydrogen (secondary N) is 1. The predicted molar refractivity (Wildman–Crippen MR) is 69.8 cm³/mol. The number of rotatable bonds is 5. The van der Waals surface area contributed by atoms with E-state index in [1.54, 1.807) is 6.92 Å². The summed E-state index contributed by atoms with van der Waals surface area (Å²) in [5, 5.41) is 7.06. The minimum absolute atomic E-state index is 0.0109. The molecule has 0 bridgehead atoms. The molecular weight excluding hydrogens is 284 g/mol. The lowest BCUT2D eigenvalue weighted by molar-refractivity contribution is 0.0591. The first kappa shape index (κ1) is 14.1. The topological polar surface area (TPSA) is 107 Å². The van der Waals surface area contributed by atoms with Gasteiger partial charge in [-0.1, -0.05) is 16.5 Å². The number of methoxy groups -OCH3 is 1. The summed E-state index contributed by atoms with van der Waals surface area (Å²) < 4.78 is 9.42. The molecule has 9 heteroatoms. The Labute approximate surface area is 118 Å². The highest BCUT2D eigenvalue weighted by Crippen LogP contribution is 2.24. The highest BCUT2D eigenvalue weighted by Gasteiger charge is 2.21. The van der Waals surface area contributed by atoms with Gasteiger partial charge in [-0.25, -0.2) is 9.78 Å². The Bertz CT molecular complexity index is 649. The van der Waals surface area contributed by atoms with Crippen molar-refractivity contribution in [1.29, 1.82) is 0 Å². The van der Waals surface area contributed by atoms with Crippen LogP contribution in [0.3, 0.4) is 0 Å². The van der Waals surface area contributed by atoms with E-state index in [0.717, 1.165) is 11.3 Å². The Balaban J connectivity index is 2.16. The largest absolute Gasteiger partial charge is 0.464 e. The number of carbonyl (C=O) groups is 2. The van der Waals surface area contributed by atoms with E-state index >= 15 is 0 Å². The third-order valence-electron chi connectivity index (χ3n) is 2.29. The highest BCUT2D eigenvalue weighted by molar-refractivity contribution is 7.17. The molecule has 0 amide bonds. The van der Waals surface area contributed by atoms with Crippen LogP contribution in [-0.2, 0) is 11.3 Å². The second-order valence-corrected chi connectivity index (χ2v) is 4.83. The molecule has 0 unspecified atom stereocenters. The second kappa shape index (κ2) is 5.78. The van der Waals surface area contributed by atoms with Crippen molar-refractivity contribution < 1.29 is 18.8 Å². The fourth-order valence-corrected chi connectivity index (χ4v) is 2.28. The zero-order chi connectivity index (χ0) is 14.7. The minimum Gasteiger partial charge on any atom is -0.464 e. The van der Waals surface area contributed by atoms with E-state index in [4.69, 9.17) is 4.52 Å². The van der Waals surface area contributed by atoms with Gasteiger partial charge in [-0.2, -0.15) is 4.98 Å². The van der Waals surface area contributed by atoms with Crippen molar-refractivity contribution >= 4 is 28.2 Å². The molecule has 0 radical (unpaired) electrons. The van der Waals surface area contributed by atoms with Crippen LogP contribution in [0, 0.1) is 6.92 Å². The van der Waals surface area contributed by atoms with Gasteiger partial charge in [0.05, 0.1) is 13.7 Å². The normalized spacial score (nSPS) is 10.3. The van der Waals surface area contributed by atoms with Crippen LogP contribution in [0.2, 0.25) is 0 Å². The number of hydrogen-bond acceptors (Lipinski definition) is 9. The number of aryl methyl sites for hydroxylation is 1. The summed E-state index contributed by atoms with van der Waals surface area (Å²) in [5.74, 6) is 0.0311. The molecule has 0 spiro atoms. The standard InChI is InChI=1S/C11H12N4O4S/c1-5(16)9-8(10(17)18-3)14-11(20-9)12-4-7-13-6(2)19-15-7/h4H2,1-3H3,(H,12,14). The lowest BCUT2D eigenvalue weighted by Crippen LogP contribution is -2.07. The molecule has 2 aromatic heterocycles. The van der Waals surface area contributed by atoms with Crippen LogP contribution < -0.4 is 5.32 Å². The third-order valence-corrected chi connectivity index (χ3v) is 3.41. The van der Waals surface area contributed by atoms with Gasteiger partial charge in [-0.15, -0.1) is 0 Å². The molecule has 0 saturated carbocycles. The Hall–Kier alpha value is -2.29. The SMILES string of the molecule is COC(=O)c1nc(NCc2noc(C)n2)sc1C(C)=O. The molecule has 0 aliphatic heterocycles. The van der Waals surface area contributed by atoms with Crippen molar-refractivity contribution in [3.63, 3.8) is 0 Å². The Kier molecular flexibility index (Phi) is 4.08. The molecule has 0 aliphatic rings. The number of nitrogens with zero attached hydrogens (tertiary/aromatic N) is 3. The van der Waals surface area contributed by atoms with Crippen molar-refractivity contribution in [1.82, 2.24) is 15.1 Å². The molecule has 0 saturated heterocycles. The first-order valence-corrected chi connectivity index (χ1v) is 6.46. The van der Waals surface area contributed by atoms with Crippen LogP contribution in [0.15, 0.2) is 4.52 Å². The van der Waals surface area contributed by atoms with E-state index in [1.807, 2.05) is 0 Å². The fourth-order valence-electron chi connectivity index (χ4n) is 1.44. The minimum atomic E-state index is -0.644. The van der Waals surface area contributed by atoms with Crippen LogP contribution in [0.25, 0.3) is 0 Å². The zero-order valence-electron chi connectivity index (χ0n) is 11.1. The summed E-state index contributed by atoms with van der Waals surface area (Å²) in [6.45, 7) is 3.33. The van der Waals surface area contributed by atoms with Gasteiger partial charge in [-0.3, -0.25) is 4.79 Å². The van der Waals surface area contributed by atoms with Crippen LogP contribution in [0.4, 0.5) is 5.13 Å². The van der Waals surface area contributed by atoms with Gasteiger partial charge in [0.1, 0.15) is 4.88 Å². The molecule has 8 nitrogen and oxygen atoms in total. The first-order chi connectivity index (χ1) is 9.51. The Morgan fingerprint density at radius 3 is 2.70 bits per heavy atom. The number of aromatic nitrogens is 3. The number of Topliss-reactive ketones (excluding diaryl/α,β-unsaturated/α-hetero) is 1. The van der Waals surface area contributed by atoms with Gasteiger partial charge in [0.15, 0.2) is 22.4 Å². The van der Waals surface area contributed by atoms with Crippen molar-refractivity contribution in [3.8, 4) is 0 Å². The summed E-state index contributed by atoms with van der Waals surface area (Å²) in [5.41, 5.74) is 0.0109. The van der Waals surface area contributed by atoms with Gasteiger partial charge in [0.25, 0.3) is 0 Å². The summed E-state index contributed by atoms with van der Waals surface area (Å²) >= 11 is 1.08. The smallest absolute Gasteiger partial charge is 0.358 e. The molecule has 0 atom stereocenters. The fraction of sp³-hybridized carbons (Fsp3) is 0.364. The summed E-state index contributed by atoms with van der Waals surface area (Å²) in [6.07, 6.45) is 0. The first-order valence-electron chi connectivity index (χ1n) is 5.64. The van der Waals surface area contributed by atoms with Crippen LogP contribution in [0.5, 0.6) is 0 Å². The number of hydrogen-bond donors (Lipinski definition) is 1. The number of thiazole rings is 1. The molecule has 2 heterocycles. The molecule has 0 fully saturated rings. The molecule has 106 valence electrons. The van der Waals surface area contributed by atoms with Crippen molar-refractivity contribution in [3.05, 3.63) is 22.3 Å². The molecule has 2 rings (SSSR count). The Morgan fingerprint density at radius 2 is 2.15 bits per heavy atom. The van der Waals surface area contributed by atoms with Gasteiger partial charge >= 0.3 is 5.97 Å². The van der Waals surface area contributed by atoms with Gasteiger partial charge in [0, 0.05) is 13.8 Å². The maximum atomic E-state index is 11.5. The van der Waals surface area contributed by atoms with Crippen molar-refractivity contribution in [2.45, 2.75) is 20.4 Å². The monoisotopic (exact) mass is 296 g/mol. The average Bonchev–Trinajstić information content (AvgIpc) is 3.01. The average molecular weight is 296 g/mol. The van der Waals surface area contributed by atoms with E-state index in [9.17, 15) is 9.59 Å². The third kappa shape index (κ3) is 2.99. The maximum Gasteiger partial charge on any atom is 0.358 e. The van der Waals surface area contributed by atoms with E-state index in [2.05, 4.69) is 25.2 Å².